The van der Waals surface area contributed by atoms with Gasteiger partial charge in [-0.05, 0) is 24.8 Å². The maximum atomic E-state index is 8.84. The van der Waals surface area contributed by atoms with Gasteiger partial charge >= 0.3 is 0 Å². The van der Waals surface area contributed by atoms with Crippen molar-refractivity contribution in [3.63, 3.8) is 0 Å². The van der Waals surface area contributed by atoms with Crippen molar-refractivity contribution >= 4 is 5.95 Å². The van der Waals surface area contributed by atoms with Crippen molar-refractivity contribution in [2.75, 3.05) is 18.5 Å². The predicted octanol–water partition coefficient (Wildman–Crippen LogP) is 1.61. The minimum atomic E-state index is 0.245. The maximum absolute atomic E-state index is 8.84. The molecule has 0 aliphatic rings. The first-order chi connectivity index (χ1) is 7.26. The number of aliphatic hydroxyl groups excluding tert-OH is 1. The van der Waals surface area contributed by atoms with Crippen molar-refractivity contribution in [3.8, 4) is 0 Å². The molecule has 0 bridgehead atoms. The predicted molar refractivity (Wildman–Crippen MR) is 60.7 cm³/mol. The molecule has 4 nitrogen and oxygen atoms in total. The summed E-state index contributed by atoms with van der Waals surface area (Å²) in [6.07, 6.45) is 5.47. The van der Waals surface area contributed by atoms with E-state index in [4.69, 9.17) is 5.11 Å². The zero-order valence-electron chi connectivity index (χ0n) is 9.40. The number of aromatic nitrogens is 2. The van der Waals surface area contributed by atoms with Gasteiger partial charge in [-0.3, -0.25) is 0 Å². The van der Waals surface area contributed by atoms with E-state index >= 15 is 0 Å². The molecule has 0 aromatic carbocycles. The molecule has 15 heavy (non-hydrogen) atoms. The highest BCUT2D eigenvalue weighted by atomic mass is 16.3. The van der Waals surface area contributed by atoms with Gasteiger partial charge in [0.05, 0.1) is 0 Å². The van der Waals surface area contributed by atoms with E-state index < -0.39 is 0 Å². The summed E-state index contributed by atoms with van der Waals surface area (Å²) in [5.74, 6) is 1.15. The molecular formula is C11H19N3O. The average molecular weight is 209 g/mol. The van der Waals surface area contributed by atoms with Gasteiger partial charge in [-0.1, -0.05) is 13.3 Å². The lowest BCUT2D eigenvalue weighted by molar-refractivity contribution is 0.258. The summed E-state index contributed by atoms with van der Waals surface area (Å²) in [6.45, 7) is 5.15. The third kappa shape index (κ3) is 4.25. The molecule has 2 N–H and O–H groups in total. The number of nitrogens with zero attached hydrogens (tertiary/aromatic N) is 2. The van der Waals surface area contributed by atoms with Crippen LogP contribution in [0, 0.1) is 12.8 Å². The van der Waals surface area contributed by atoms with E-state index in [1.54, 1.807) is 12.4 Å². The van der Waals surface area contributed by atoms with Gasteiger partial charge in [0.2, 0.25) is 5.95 Å². The monoisotopic (exact) mass is 209 g/mol. The summed E-state index contributed by atoms with van der Waals surface area (Å²) in [7, 11) is 0. The molecular weight excluding hydrogens is 190 g/mol. The van der Waals surface area contributed by atoms with Crippen LogP contribution in [-0.4, -0.2) is 28.2 Å². The Kier molecular flexibility index (Phi) is 5.04. The quantitative estimate of drug-likeness (QED) is 0.747. The molecule has 1 aromatic heterocycles. The highest BCUT2D eigenvalue weighted by Gasteiger charge is 2.05. The number of hydrogen-bond acceptors (Lipinski definition) is 4. The number of hydrogen-bond donors (Lipinski definition) is 2. The second kappa shape index (κ2) is 6.35. The SMILES string of the molecule is CCC(CCO)CNc1ncc(C)cn1. The van der Waals surface area contributed by atoms with Crippen molar-refractivity contribution in [2.24, 2.45) is 5.92 Å². The second-order valence-corrected chi connectivity index (χ2v) is 3.75. The third-order valence-corrected chi connectivity index (χ3v) is 2.44. The molecule has 0 radical (unpaired) electrons. The van der Waals surface area contributed by atoms with E-state index in [2.05, 4.69) is 22.2 Å². The molecule has 84 valence electrons. The molecule has 0 amide bonds. The van der Waals surface area contributed by atoms with Crippen LogP contribution < -0.4 is 5.32 Å². The number of nitrogens with one attached hydrogen (secondary N) is 1. The van der Waals surface area contributed by atoms with E-state index in [9.17, 15) is 0 Å². The van der Waals surface area contributed by atoms with Gasteiger partial charge in [-0.15, -0.1) is 0 Å². The lowest BCUT2D eigenvalue weighted by Gasteiger charge is -2.13. The van der Waals surface area contributed by atoms with Crippen LogP contribution in [0.2, 0.25) is 0 Å². The van der Waals surface area contributed by atoms with Gasteiger partial charge in [0, 0.05) is 25.5 Å². The van der Waals surface area contributed by atoms with Crippen LogP contribution >= 0.6 is 0 Å². The molecule has 0 aliphatic carbocycles. The van der Waals surface area contributed by atoms with Crippen molar-refractivity contribution in [2.45, 2.75) is 26.7 Å². The standard InChI is InChI=1S/C11H19N3O/c1-3-10(4-5-15)8-14-11-12-6-9(2)7-13-11/h6-7,10,15H,3-5,8H2,1-2H3,(H,12,13,14). The molecule has 0 saturated heterocycles. The zero-order valence-corrected chi connectivity index (χ0v) is 9.40. The Hall–Kier alpha value is -1.16. The number of rotatable bonds is 6. The van der Waals surface area contributed by atoms with E-state index in [1.165, 1.54) is 0 Å². The molecule has 0 aliphatic heterocycles. The van der Waals surface area contributed by atoms with Crippen LogP contribution in [-0.2, 0) is 0 Å². The highest BCUT2D eigenvalue weighted by molar-refractivity contribution is 5.24. The largest absolute Gasteiger partial charge is 0.396 e. The summed E-state index contributed by atoms with van der Waals surface area (Å²) < 4.78 is 0. The first-order valence-corrected chi connectivity index (χ1v) is 5.39. The lowest BCUT2D eigenvalue weighted by atomic mass is 10.0. The molecule has 4 heteroatoms. The van der Waals surface area contributed by atoms with Crippen LogP contribution in [0.3, 0.4) is 0 Å². The van der Waals surface area contributed by atoms with E-state index in [-0.39, 0.29) is 6.61 Å². The highest BCUT2D eigenvalue weighted by Crippen LogP contribution is 2.08. The molecule has 0 saturated carbocycles. The molecule has 0 spiro atoms. The Labute approximate surface area is 90.8 Å². The van der Waals surface area contributed by atoms with Crippen LogP contribution in [0.5, 0.6) is 0 Å². The van der Waals surface area contributed by atoms with Gasteiger partial charge in [0.25, 0.3) is 0 Å². The fourth-order valence-electron chi connectivity index (χ4n) is 1.35. The van der Waals surface area contributed by atoms with Crippen LogP contribution in [0.25, 0.3) is 0 Å². The van der Waals surface area contributed by atoms with Crippen LogP contribution in [0.15, 0.2) is 12.4 Å². The molecule has 1 unspecified atom stereocenters. The Morgan fingerprint density at radius 3 is 2.60 bits per heavy atom. The number of aryl methyl sites for hydroxylation is 1. The molecule has 1 heterocycles. The topological polar surface area (TPSA) is 58.0 Å². The van der Waals surface area contributed by atoms with E-state index in [1.807, 2.05) is 6.92 Å². The normalized spacial score (nSPS) is 12.5. The van der Waals surface area contributed by atoms with Crippen molar-refractivity contribution in [1.82, 2.24) is 9.97 Å². The fourth-order valence-corrected chi connectivity index (χ4v) is 1.35. The Balaban J connectivity index is 2.38. The Morgan fingerprint density at radius 1 is 1.40 bits per heavy atom. The molecule has 1 aromatic rings. The Bertz CT molecular complexity index is 274. The minimum Gasteiger partial charge on any atom is -0.396 e. The van der Waals surface area contributed by atoms with Gasteiger partial charge in [-0.25, -0.2) is 9.97 Å². The van der Waals surface area contributed by atoms with E-state index in [0.717, 1.165) is 24.9 Å². The minimum absolute atomic E-state index is 0.245. The lowest BCUT2D eigenvalue weighted by Crippen LogP contribution is -2.16. The molecule has 1 rings (SSSR count). The maximum Gasteiger partial charge on any atom is 0.222 e. The van der Waals surface area contributed by atoms with Crippen molar-refractivity contribution in [3.05, 3.63) is 18.0 Å². The van der Waals surface area contributed by atoms with Gasteiger partial charge < -0.3 is 10.4 Å². The summed E-state index contributed by atoms with van der Waals surface area (Å²) in [4.78, 5) is 8.32. The summed E-state index contributed by atoms with van der Waals surface area (Å²) in [5.41, 5.74) is 1.06. The molecule has 1 atom stereocenters. The number of aliphatic hydroxyl groups is 1. The second-order valence-electron chi connectivity index (χ2n) is 3.75. The Morgan fingerprint density at radius 2 is 2.07 bits per heavy atom. The van der Waals surface area contributed by atoms with Crippen molar-refractivity contribution in [1.29, 1.82) is 0 Å². The van der Waals surface area contributed by atoms with Gasteiger partial charge in [-0.2, -0.15) is 0 Å². The van der Waals surface area contributed by atoms with E-state index in [0.29, 0.717) is 11.9 Å². The first-order valence-electron chi connectivity index (χ1n) is 5.39. The van der Waals surface area contributed by atoms with Crippen LogP contribution in [0.4, 0.5) is 5.95 Å². The van der Waals surface area contributed by atoms with Crippen LogP contribution in [0.1, 0.15) is 25.3 Å². The van der Waals surface area contributed by atoms with Gasteiger partial charge in [0.1, 0.15) is 0 Å². The summed E-state index contributed by atoms with van der Waals surface area (Å²) in [6, 6.07) is 0. The average Bonchev–Trinajstić information content (AvgIpc) is 2.26. The summed E-state index contributed by atoms with van der Waals surface area (Å²) >= 11 is 0. The van der Waals surface area contributed by atoms with Crippen molar-refractivity contribution < 1.29 is 5.11 Å². The third-order valence-electron chi connectivity index (χ3n) is 2.44. The van der Waals surface area contributed by atoms with Gasteiger partial charge in [0.15, 0.2) is 0 Å². The summed E-state index contributed by atoms with van der Waals surface area (Å²) in [5, 5.41) is 12.0. The smallest absolute Gasteiger partial charge is 0.222 e. The fraction of sp³-hybridized carbons (Fsp3) is 0.636. The first kappa shape index (κ1) is 11.9. The number of anilines is 1. The molecule has 0 fully saturated rings. The zero-order chi connectivity index (χ0) is 11.1.